The molecule has 2 aromatic rings. The average molecular weight is 358 g/mol. The fourth-order valence-corrected chi connectivity index (χ4v) is 2.08. The van der Waals surface area contributed by atoms with Gasteiger partial charge in [0.15, 0.2) is 23.4 Å². The van der Waals surface area contributed by atoms with Gasteiger partial charge in [0.05, 0.1) is 16.1 Å². The summed E-state index contributed by atoms with van der Waals surface area (Å²) in [4.78, 5) is 22.0. The second-order valence-corrected chi connectivity index (χ2v) is 5.02. The Morgan fingerprint density at radius 2 is 1.84 bits per heavy atom. The zero-order valence-corrected chi connectivity index (χ0v) is 12.4. The van der Waals surface area contributed by atoms with E-state index in [0.29, 0.717) is 24.4 Å². The van der Waals surface area contributed by atoms with Gasteiger partial charge in [-0.25, -0.2) is 0 Å². The number of aromatic nitrogens is 1. The first-order valence-corrected chi connectivity index (χ1v) is 6.49. The monoisotopic (exact) mass is 358 g/mol. The maximum atomic E-state index is 13.1. The molecule has 0 atom stereocenters. The number of pyridine rings is 1. The van der Waals surface area contributed by atoms with Crippen LogP contribution in [-0.2, 0) is 6.18 Å². The minimum Gasteiger partial charge on any atom is -0.618 e. The van der Waals surface area contributed by atoms with Crippen molar-refractivity contribution >= 4 is 11.5 Å². The van der Waals surface area contributed by atoms with Crippen molar-refractivity contribution in [2.45, 2.75) is 13.1 Å². The highest BCUT2D eigenvalue weighted by molar-refractivity contribution is 6.10. The van der Waals surface area contributed by atoms with Gasteiger partial charge < -0.3 is 15.4 Å². The van der Waals surface area contributed by atoms with Crippen molar-refractivity contribution in [1.82, 2.24) is 0 Å². The largest absolute Gasteiger partial charge is 0.618 e. The molecule has 1 aromatic carbocycles. The number of benzene rings is 1. The smallest absolute Gasteiger partial charge is 0.417 e. The Morgan fingerprint density at radius 3 is 2.36 bits per heavy atom. The number of aromatic hydroxyl groups is 2. The van der Waals surface area contributed by atoms with Crippen LogP contribution >= 0.6 is 0 Å². The zero-order chi connectivity index (χ0) is 19.1. The van der Waals surface area contributed by atoms with E-state index in [4.69, 9.17) is 0 Å². The van der Waals surface area contributed by atoms with Gasteiger partial charge >= 0.3 is 11.9 Å². The molecule has 0 amide bonds. The van der Waals surface area contributed by atoms with Gasteiger partial charge in [-0.15, -0.1) is 0 Å². The van der Waals surface area contributed by atoms with E-state index >= 15 is 0 Å². The maximum Gasteiger partial charge on any atom is 0.417 e. The topological polar surface area (TPSA) is 128 Å². The highest BCUT2D eigenvalue weighted by Crippen LogP contribution is 2.38. The van der Waals surface area contributed by atoms with Crippen LogP contribution in [0, 0.1) is 22.2 Å². The third kappa shape index (κ3) is 3.29. The molecule has 0 unspecified atom stereocenters. The Labute approximate surface area is 137 Å². The molecule has 132 valence electrons. The lowest BCUT2D eigenvalue weighted by Crippen LogP contribution is -2.33. The zero-order valence-electron chi connectivity index (χ0n) is 12.4. The fourth-order valence-electron chi connectivity index (χ4n) is 2.08. The molecule has 0 aliphatic rings. The summed E-state index contributed by atoms with van der Waals surface area (Å²) < 4.78 is 39.4. The lowest BCUT2D eigenvalue weighted by atomic mass is 9.98. The van der Waals surface area contributed by atoms with E-state index in [2.05, 4.69) is 0 Å². The van der Waals surface area contributed by atoms with Crippen LogP contribution in [0.15, 0.2) is 24.4 Å². The van der Waals surface area contributed by atoms with Gasteiger partial charge in [-0.2, -0.15) is 17.9 Å². The fraction of sp³-hybridized carbons (Fsp3) is 0.143. The summed E-state index contributed by atoms with van der Waals surface area (Å²) in [6, 6.07) is 1.54. The number of nitro groups is 1. The number of phenols is 2. The Balaban J connectivity index is 2.70. The Hall–Kier alpha value is -3.37. The molecule has 2 N–H and O–H groups in total. The molecule has 0 saturated heterocycles. The molecular weight excluding hydrogens is 349 g/mol. The minimum atomic E-state index is -4.96. The summed E-state index contributed by atoms with van der Waals surface area (Å²) in [6.45, 7) is 1.10. The Morgan fingerprint density at radius 1 is 1.24 bits per heavy atom. The van der Waals surface area contributed by atoms with Crippen molar-refractivity contribution in [3.05, 3.63) is 62.1 Å². The quantitative estimate of drug-likeness (QED) is 0.216. The summed E-state index contributed by atoms with van der Waals surface area (Å²) in [5.41, 5.74) is -4.54. The molecule has 25 heavy (non-hydrogen) atoms. The summed E-state index contributed by atoms with van der Waals surface area (Å²) >= 11 is 0. The molecular formula is C14H9F3N2O6. The van der Waals surface area contributed by atoms with E-state index in [-0.39, 0.29) is 10.4 Å². The lowest BCUT2D eigenvalue weighted by molar-refractivity contribution is -0.612. The summed E-state index contributed by atoms with van der Waals surface area (Å²) in [6.07, 6.45) is -4.56. The van der Waals surface area contributed by atoms with E-state index in [1.165, 1.54) is 0 Å². The predicted molar refractivity (Wildman–Crippen MR) is 75.0 cm³/mol. The van der Waals surface area contributed by atoms with Crippen LogP contribution in [0.25, 0.3) is 0 Å². The second-order valence-electron chi connectivity index (χ2n) is 5.02. The van der Waals surface area contributed by atoms with Gasteiger partial charge in [0.2, 0.25) is 5.75 Å². The average Bonchev–Trinajstić information content (AvgIpc) is 2.50. The molecule has 8 nitrogen and oxygen atoms in total. The highest BCUT2D eigenvalue weighted by atomic mass is 19.4. The molecule has 11 heteroatoms. The van der Waals surface area contributed by atoms with Crippen molar-refractivity contribution in [2.24, 2.45) is 0 Å². The van der Waals surface area contributed by atoms with Gasteiger partial charge in [0.1, 0.15) is 0 Å². The minimum absolute atomic E-state index is 0.0388. The molecule has 0 saturated carbocycles. The maximum absolute atomic E-state index is 13.1. The molecule has 0 aliphatic heterocycles. The third-order valence-electron chi connectivity index (χ3n) is 3.32. The van der Waals surface area contributed by atoms with Crippen LogP contribution in [0.3, 0.4) is 0 Å². The van der Waals surface area contributed by atoms with Crippen molar-refractivity contribution < 1.29 is 37.8 Å². The first-order valence-electron chi connectivity index (χ1n) is 6.49. The number of rotatable bonds is 3. The van der Waals surface area contributed by atoms with Crippen molar-refractivity contribution in [3.8, 4) is 11.5 Å². The van der Waals surface area contributed by atoms with Crippen molar-refractivity contribution in [3.63, 3.8) is 0 Å². The molecule has 0 radical (unpaired) electrons. The number of nitro benzene ring substituents is 1. The first-order chi connectivity index (χ1) is 11.4. The van der Waals surface area contributed by atoms with Gasteiger partial charge in [-0.3, -0.25) is 14.9 Å². The normalized spacial score (nSPS) is 11.4. The van der Waals surface area contributed by atoms with Crippen LogP contribution < -0.4 is 4.73 Å². The van der Waals surface area contributed by atoms with Gasteiger partial charge in [0.25, 0.3) is 0 Å². The van der Waals surface area contributed by atoms with E-state index in [9.17, 15) is 43.5 Å². The van der Waals surface area contributed by atoms with Crippen molar-refractivity contribution in [2.75, 3.05) is 0 Å². The van der Waals surface area contributed by atoms with Crippen molar-refractivity contribution in [1.29, 1.82) is 0 Å². The molecule has 0 bridgehead atoms. The summed E-state index contributed by atoms with van der Waals surface area (Å²) in [5, 5.41) is 41.2. The molecule has 0 aliphatic carbocycles. The first kappa shape index (κ1) is 18.0. The van der Waals surface area contributed by atoms with E-state index < -0.39 is 50.8 Å². The summed E-state index contributed by atoms with van der Waals surface area (Å²) in [7, 11) is 0. The number of halogens is 3. The summed E-state index contributed by atoms with van der Waals surface area (Å²) in [5.74, 6) is -3.58. The molecule has 1 aromatic heterocycles. The van der Waals surface area contributed by atoms with E-state index in [0.717, 1.165) is 6.92 Å². The van der Waals surface area contributed by atoms with E-state index in [1.807, 2.05) is 0 Å². The van der Waals surface area contributed by atoms with Crippen LogP contribution in [0.2, 0.25) is 0 Å². The second kappa shape index (κ2) is 5.92. The molecule has 0 spiro atoms. The molecule has 1 heterocycles. The number of hydrogen-bond acceptors (Lipinski definition) is 6. The molecule has 2 rings (SSSR count). The number of phenolic OH excluding ortho intramolecular Hbond substituents is 2. The van der Waals surface area contributed by atoms with Crippen LogP contribution in [0.4, 0.5) is 18.9 Å². The van der Waals surface area contributed by atoms with Gasteiger partial charge in [-0.1, -0.05) is 0 Å². The number of nitrogens with zero attached hydrogens (tertiary/aromatic N) is 2. The number of ketones is 1. The number of alkyl halides is 3. The number of carbonyl (C=O) groups excluding carboxylic acids is 1. The molecule has 0 fully saturated rings. The lowest BCUT2D eigenvalue weighted by Gasteiger charge is -2.13. The van der Waals surface area contributed by atoms with Crippen LogP contribution in [0.5, 0.6) is 11.5 Å². The predicted octanol–water partition coefficient (Wildman–Crippen LogP) is 2.20. The number of aryl methyl sites for hydroxylation is 1. The number of hydrogen-bond donors (Lipinski definition) is 2. The van der Waals surface area contributed by atoms with E-state index in [1.54, 1.807) is 0 Å². The standard InChI is InChI=1S/C14H9F3N2O6/c1-6-2-9(14(15,16)17)8(5-18(6)23)12(21)7-3-10(19(24)25)13(22)11(20)4-7/h2-5,20,22H,1H3. The van der Waals surface area contributed by atoms with Crippen LogP contribution in [0.1, 0.15) is 27.2 Å². The highest BCUT2D eigenvalue weighted by Gasteiger charge is 2.38. The SMILES string of the molecule is Cc1cc(C(F)(F)F)c(C(=O)c2cc(O)c(O)c([N+](=O)[O-])c2)c[n+]1[O-]. The number of carbonyl (C=O) groups is 1. The Kier molecular flexibility index (Phi) is 4.26. The third-order valence-corrected chi connectivity index (χ3v) is 3.32. The Bertz CT molecular complexity index is 895. The van der Waals surface area contributed by atoms with Gasteiger partial charge in [-0.05, 0) is 6.07 Å². The van der Waals surface area contributed by atoms with Gasteiger partial charge in [0, 0.05) is 24.6 Å². The van der Waals surface area contributed by atoms with Crippen LogP contribution in [-0.4, -0.2) is 20.9 Å².